The van der Waals surface area contributed by atoms with Crippen molar-refractivity contribution >= 4 is 34.7 Å². The van der Waals surface area contributed by atoms with E-state index in [1.54, 1.807) is 24.5 Å². The number of anilines is 2. The Morgan fingerprint density at radius 1 is 0.947 bits per heavy atom. The minimum atomic E-state index is -4.75. The van der Waals surface area contributed by atoms with E-state index in [0.29, 0.717) is 17.3 Å². The third kappa shape index (κ3) is 7.10. The summed E-state index contributed by atoms with van der Waals surface area (Å²) in [5, 5.41) is 12.9. The van der Waals surface area contributed by atoms with E-state index in [2.05, 4.69) is 39.6 Å². The van der Waals surface area contributed by atoms with Crippen LogP contribution in [-0.2, 0) is 0 Å². The monoisotopic (exact) mass is 539 g/mol. The average molecular weight is 540 g/mol. The summed E-state index contributed by atoms with van der Waals surface area (Å²) in [5.41, 5.74) is 4.67. The van der Waals surface area contributed by atoms with Gasteiger partial charge in [0.2, 0.25) is 0 Å². The fourth-order valence-electron chi connectivity index (χ4n) is 3.69. The number of halogens is 3. The number of para-hydroxylation sites is 1. The first-order valence-corrected chi connectivity index (χ1v) is 12.0. The molecule has 0 bridgehead atoms. The van der Waals surface area contributed by atoms with E-state index in [0.717, 1.165) is 22.4 Å². The minimum absolute atomic E-state index is 0.178. The number of nitrogens with zero attached hydrogens (tertiary/aromatic N) is 2. The van der Waals surface area contributed by atoms with Gasteiger partial charge in [-0.1, -0.05) is 44.2 Å². The molecule has 0 radical (unpaired) electrons. The normalized spacial score (nSPS) is 11.2. The van der Waals surface area contributed by atoms with Crippen molar-refractivity contribution in [3.63, 3.8) is 0 Å². The number of carbonyl (C=O) groups is 1. The molecule has 11 heteroatoms. The van der Waals surface area contributed by atoms with Crippen molar-refractivity contribution in [3.8, 4) is 22.6 Å². The summed E-state index contributed by atoms with van der Waals surface area (Å²) in [7, 11) is 0. The van der Waals surface area contributed by atoms with Crippen molar-refractivity contribution in [2.24, 2.45) is 0 Å². The molecule has 2 amide bonds. The molecule has 0 saturated heterocycles. The first-order valence-electron chi connectivity index (χ1n) is 11.6. The van der Waals surface area contributed by atoms with E-state index < -0.39 is 12.4 Å². The molecule has 1 aromatic heterocycles. The highest BCUT2D eigenvalue weighted by molar-refractivity contribution is 7.80. The molecule has 3 N–H and O–H groups in total. The quantitative estimate of drug-likeness (QED) is 0.228. The molecule has 0 aliphatic carbocycles. The molecule has 7 nitrogen and oxygen atoms in total. The molecular weight excluding hydrogens is 515 g/mol. The molecule has 0 saturated carbocycles. The van der Waals surface area contributed by atoms with Crippen LogP contribution in [0.3, 0.4) is 0 Å². The molecule has 0 unspecified atom stereocenters. The van der Waals surface area contributed by atoms with E-state index in [-0.39, 0.29) is 10.9 Å². The predicted octanol–water partition coefficient (Wildman–Crippen LogP) is 7.08. The summed E-state index contributed by atoms with van der Waals surface area (Å²) < 4.78 is 42.5. The largest absolute Gasteiger partial charge is 0.573 e. The van der Waals surface area contributed by atoms with Gasteiger partial charge in [-0.05, 0) is 71.7 Å². The summed E-state index contributed by atoms with van der Waals surface area (Å²) >= 11 is 5.28. The van der Waals surface area contributed by atoms with Gasteiger partial charge in [-0.25, -0.2) is 9.48 Å². The van der Waals surface area contributed by atoms with Crippen molar-refractivity contribution in [1.29, 1.82) is 0 Å². The number of carbonyl (C=O) groups excluding carboxylic acids is 1. The Kier molecular flexibility index (Phi) is 7.96. The molecular formula is C27H24F3N5O2S. The lowest BCUT2D eigenvalue weighted by Crippen LogP contribution is -2.37. The van der Waals surface area contributed by atoms with Gasteiger partial charge in [-0.2, -0.15) is 5.10 Å². The Balaban J connectivity index is 1.34. The molecule has 4 aromatic rings. The number of amides is 2. The van der Waals surface area contributed by atoms with Crippen LogP contribution >= 0.6 is 12.2 Å². The summed E-state index contributed by atoms with van der Waals surface area (Å²) in [6, 6.07) is 19.8. The van der Waals surface area contributed by atoms with Gasteiger partial charge in [0.25, 0.3) is 0 Å². The Bertz CT molecular complexity index is 1420. The van der Waals surface area contributed by atoms with Gasteiger partial charge in [0.15, 0.2) is 5.11 Å². The molecule has 3 aromatic carbocycles. The molecule has 196 valence electrons. The van der Waals surface area contributed by atoms with E-state index in [9.17, 15) is 18.0 Å². The number of hydrogen-bond donors (Lipinski definition) is 3. The summed E-state index contributed by atoms with van der Waals surface area (Å²) in [6.45, 7) is 4.15. The second kappa shape index (κ2) is 11.3. The van der Waals surface area contributed by atoms with Crippen LogP contribution in [0, 0.1) is 0 Å². The van der Waals surface area contributed by atoms with Crippen LogP contribution in [0.1, 0.15) is 25.3 Å². The van der Waals surface area contributed by atoms with Gasteiger partial charge in [0, 0.05) is 23.1 Å². The fourth-order valence-corrected chi connectivity index (χ4v) is 3.90. The number of benzene rings is 3. The van der Waals surface area contributed by atoms with Gasteiger partial charge in [-0.15, -0.1) is 13.2 Å². The number of hydrogen-bond acceptors (Lipinski definition) is 4. The van der Waals surface area contributed by atoms with Crippen molar-refractivity contribution in [3.05, 3.63) is 90.8 Å². The van der Waals surface area contributed by atoms with E-state index in [1.807, 2.05) is 36.4 Å². The third-order valence-corrected chi connectivity index (χ3v) is 5.66. The second-order valence-electron chi connectivity index (χ2n) is 8.57. The standard InChI is InChI=1S/C27H24F3N5O2S/c1-17(2)23-5-3-4-6-24(23)33-26(38)34-25(36)32-20-9-7-18(8-10-20)19-15-31-35(16-19)21-11-13-22(14-12-21)37-27(28,29)30/h3-17H,1-2H3,(H3,32,33,34,36,38). The highest BCUT2D eigenvalue weighted by atomic mass is 32.1. The van der Waals surface area contributed by atoms with Gasteiger partial charge >= 0.3 is 12.4 Å². The summed E-state index contributed by atoms with van der Waals surface area (Å²) in [6.07, 6.45) is -1.37. The molecule has 38 heavy (non-hydrogen) atoms. The summed E-state index contributed by atoms with van der Waals surface area (Å²) in [4.78, 5) is 12.4. The van der Waals surface area contributed by atoms with Crippen LogP contribution in [0.4, 0.5) is 29.3 Å². The van der Waals surface area contributed by atoms with Crippen LogP contribution < -0.4 is 20.7 Å². The minimum Gasteiger partial charge on any atom is -0.406 e. The lowest BCUT2D eigenvalue weighted by atomic mass is 10.0. The van der Waals surface area contributed by atoms with E-state index in [1.165, 1.54) is 28.9 Å². The van der Waals surface area contributed by atoms with E-state index >= 15 is 0 Å². The van der Waals surface area contributed by atoms with Gasteiger partial charge in [0.1, 0.15) is 5.75 Å². The van der Waals surface area contributed by atoms with Crippen molar-refractivity contribution < 1.29 is 22.7 Å². The lowest BCUT2D eigenvalue weighted by molar-refractivity contribution is -0.274. The Labute approximate surface area is 222 Å². The second-order valence-corrected chi connectivity index (χ2v) is 8.98. The molecule has 0 aliphatic rings. The zero-order valence-electron chi connectivity index (χ0n) is 20.4. The fraction of sp³-hybridized carbons (Fsp3) is 0.148. The van der Waals surface area contributed by atoms with Gasteiger partial charge < -0.3 is 15.4 Å². The highest BCUT2D eigenvalue weighted by Gasteiger charge is 2.31. The number of alkyl halides is 3. The number of urea groups is 1. The third-order valence-electron chi connectivity index (χ3n) is 5.45. The number of nitrogens with one attached hydrogen (secondary N) is 3. The smallest absolute Gasteiger partial charge is 0.406 e. The maximum atomic E-state index is 12.4. The number of aromatic nitrogens is 2. The van der Waals surface area contributed by atoms with E-state index in [4.69, 9.17) is 12.2 Å². The lowest BCUT2D eigenvalue weighted by Gasteiger charge is -2.15. The first kappa shape index (κ1) is 26.7. The van der Waals surface area contributed by atoms with Crippen LogP contribution in [0.5, 0.6) is 5.75 Å². The van der Waals surface area contributed by atoms with Crippen LogP contribution in [0.2, 0.25) is 0 Å². The van der Waals surface area contributed by atoms with Gasteiger partial charge in [-0.3, -0.25) is 5.32 Å². The molecule has 0 atom stereocenters. The Morgan fingerprint density at radius 3 is 2.29 bits per heavy atom. The van der Waals surface area contributed by atoms with Crippen molar-refractivity contribution in [1.82, 2.24) is 15.1 Å². The van der Waals surface area contributed by atoms with Crippen LogP contribution in [0.15, 0.2) is 85.2 Å². The Morgan fingerprint density at radius 2 is 1.63 bits per heavy atom. The SMILES string of the molecule is CC(C)c1ccccc1NC(=S)NC(=O)Nc1ccc(-c2cnn(-c3ccc(OC(F)(F)F)cc3)c2)cc1. The zero-order valence-corrected chi connectivity index (χ0v) is 21.2. The number of rotatable bonds is 6. The maximum Gasteiger partial charge on any atom is 0.573 e. The number of thiocarbonyl (C=S) groups is 1. The highest BCUT2D eigenvalue weighted by Crippen LogP contribution is 2.26. The summed E-state index contributed by atoms with van der Waals surface area (Å²) in [5.74, 6) is -0.0166. The van der Waals surface area contributed by atoms with Gasteiger partial charge in [0.05, 0.1) is 11.9 Å². The maximum absolute atomic E-state index is 12.4. The van der Waals surface area contributed by atoms with Crippen molar-refractivity contribution in [2.75, 3.05) is 10.6 Å². The predicted molar refractivity (Wildman–Crippen MR) is 145 cm³/mol. The van der Waals surface area contributed by atoms with Crippen LogP contribution in [-0.4, -0.2) is 27.3 Å². The molecule has 0 aliphatic heterocycles. The zero-order chi connectivity index (χ0) is 27.3. The molecule has 0 fully saturated rings. The average Bonchev–Trinajstić information content (AvgIpc) is 3.34. The number of ether oxygens (including phenoxy) is 1. The molecule has 0 spiro atoms. The molecule has 1 heterocycles. The first-order chi connectivity index (χ1) is 18.1. The topological polar surface area (TPSA) is 80.2 Å². The van der Waals surface area contributed by atoms with Crippen molar-refractivity contribution in [2.45, 2.75) is 26.1 Å². The van der Waals surface area contributed by atoms with Crippen LogP contribution in [0.25, 0.3) is 16.8 Å². The molecule has 4 rings (SSSR count). The Hall–Kier alpha value is -4.38.